The van der Waals surface area contributed by atoms with E-state index in [4.69, 9.17) is 9.73 Å². The summed E-state index contributed by atoms with van der Waals surface area (Å²) in [7, 11) is 0. The minimum Gasteiger partial charge on any atom is -0.487 e. The second-order valence-corrected chi connectivity index (χ2v) is 6.97. The number of piperidine rings is 3. The molecule has 24 heavy (non-hydrogen) atoms. The van der Waals surface area contributed by atoms with E-state index in [2.05, 4.69) is 28.1 Å². The summed E-state index contributed by atoms with van der Waals surface area (Å²) in [5.41, 5.74) is 4.26. The zero-order valence-corrected chi connectivity index (χ0v) is 13.7. The van der Waals surface area contributed by atoms with Crippen LogP contribution in [-0.4, -0.2) is 41.3 Å². The first-order valence-corrected chi connectivity index (χ1v) is 8.85. The highest BCUT2D eigenvalue weighted by molar-refractivity contribution is 6.15. The predicted octanol–water partition coefficient (Wildman–Crippen LogP) is 2.91. The van der Waals surface area contributed by atoms with Gasteiger partial charge >= 0.3 is 0 Å². The molecule has 0 amide bonds. The molecule has 1 atom stereocenters. The van der Waals surface area contributed by atoms with Gasteiger partial charge in [0.25, 0.3) is 0 Å². The lowest BCUT2D eigenvalue weighted by Crippen LogP contribution is -2.49. The Morgan fingerprint density at radius 2 is 1.88 bits per heavy atom. The molecule has 4 nitrogen and oxygen atoms in total. The Morgan fingerprint density at radius 3 is 2.71 bits per heavy atom. The zero-order valence-electron chi connectivity index (χ0n) is 13.7. The van der Waals surface area contributed by atoms with Gasteiger partial charge in [-0.3, -0.25) is 9.98 Å². The molecule has 0 saturated carbocycles. The maximum atomic E-state index is 6.00. The van der Waals surface area contributed by atoms with Crippen LogP contribution in [-0.2, 0) is 6.61 Å². The van der Waals surface area contributed by atoms with Crippen LogP contribution < -0.4 is 4.74 Å². The van der Waals surface area contributed by atoms with E-state index in [1.54, 1.807) is 0 Å². The second kappa shape index (κ2) is 5.71. The molecule has 2 aromatic rings. The Kier molecular flexibility index (Phi) is 3.37. The van der Waals surface area contributed by atoms with Crippen LogP contribution >= 0.6 is 0 Å². The Hall–Kier alpha value is -2.20. The Bertz CT molecular complexity index is 743. The van der Waals surface area contributed by atoms with E-state index in [1.165, 1.54) is 25.9 Å². The third-order valence-corrected chi connectivity index (χ3v) is 5.57. The van der Waals surface area contributed by atoms with Crippen LogP contribution in [0.2, 0.25) is 0 Å². The monoisotopic (exact) mass is 319 g/mol. The Balaban J connectivity index is 1.65. The van der Waals surface area contributed by atoms with Crippen molar-refractivity contribution in [3.05, 3.63) is 59.4 Å². The van der Waals surface area contributed by atoms with Gasteiger partial charge in [0.05, 0.1) is 17.4 Å². The molecule has 122 valence electrons. The molecule has 2 bridgehead atoms. The van der Waals surface area contributed by atoms with Crippen LogP contribution in [0.3, 0.4) is 0 Å². The van der Waals surface area contributed by atoms with Crippen LogP contribution in [0, 0.1) is 5.92 Å². The molecule has 3 fully saturated rings. The van der Waals surface area contributed by atoms with Gasteiger partial charge in [-0.2, -0.15) is 0 Å². The van der Waals surface area contributed by atoms with Gasteiger partial charge in [0.2, 0.25) is 0 Å². The highest BCUT2D eigenvalue weighted by Crippen LogP contribution is 2.33. The normalized spacial score (nSPS) is 29.5. The first-order chi connectivity index (χ1) is 11.9. The maximum absolute atomic E-state index is 6.00. The smallest absolute Gasteiger partial charge is 0.131 e. The van der Waals surface area contributed by atoms with Crippen molar-refractivity contribution in [2.24, 2.45) is 10.9 Å². The van der Waals surface area contributed by atoms with Crippen LogP contribution in [0.25, 0.3) is 0 Å². The number of hydrogen-bond donors (Lipinski definition) is 0. The van der Waals surface area contributed by atoms with Gasteiger partial charge in [-0.15, -0.1) is 0 Å². The van der Waals surface area contributed by atoms with Gasteiger partial charge in [0.1, 0.15) is 12.4 Å². The SMILES string of the molecule is c1ccc2c(c1)OCc1ncccc1C2=NC1CN2CCC1CC2. The molecule has 0 spiro atoms. The molecule has 6 rings (SSSR count). The van der Waals surface area contributed by atoms with Crippen LogP contribution in [0.5, 0.6) is 5.75 Å². The quantitative estimate of drug-likeness (QED) is 0.811. The van der Waals surface area contributed by atoms with E-state index in [-0.39, 0.29) is 0 Å². The summed E-state index contributed by atoms with van der Waals surface area (Å²) >= 11 is 0. The van der Waals surface area contributed by atoms with Crippen molar-refractivity contribution in [3.63, 3.8) is 0 Å². The summed E-state index contributed by atoms with van der Waals surface area (Å²) in [5.74, 6) is 1.63. The summed E-state index contributed by atoms with van der Waals surface area (Å²) in [6.07, 6.45) is 4.39. The average molecular weight is 319 g/mol. The standard InChI is InChI=1S/C20H21N3O/c1-2-6-19-16(4-1)20(15-5-3-9-21-18(15)13-24-19)22-17-12-23-10-7-14(17)8-11-23/h1-6,9,14,17H,7-8,10-13H2. The average Bonchev–Trinajstić information content (AvgIpc) is 2.81. The van der Waals surface area contributed by atoms with Crippen LogP contribution in [0.1, 0.15) is 29.7 Å². The van der Waals surface area contributed by atoms with Crippen molar-refractivity contribution in [3.8, 4) is 5.75 Å². The maximum Gasteiger partial charge on any atom is 0.131 e. The van der Waals surface area contributed by atoms with Crippen molar-refractivity contribution in [2.75, 3.05) is 19.6 Å². The van der Waals surface area contributed by atoms with E-state index < -0.39 is 0 Å². The summed E-state index contributed by atoms with van der Waals surface area (Å²) in [6.45, 7) is 4.08. The van der Waals surface area contributed by atoms with Crippen molar-refractivity contribution >= 4 is 5.71 Å². The number of nitrogens with zero attached hydrogens (tertiary/aromatic N) is 3. The van der Waals surface area contributed by atoms with E-state index >= 15 is 0 Å². The molecule has 1 aromatic heterocycles. The predicted molar refractivity (Wildman–Crippen MR) is 93.6 cm³/mol. The molecule has 0 radical (unpaired) electrons. The van der Waals surface area contributed by atoms with Gasteiger partial charge in [-0.05, 0) is 56.1 Å². The Labute approximate surface area is 142 Å². The molecule has 5 heterocycles. The zero-order chi connectivity index (χ0) is 15.9. The van der Waals surface area contributed by atoms with Crippen molar-refractivity contribution < 1.29 is 4.74 Å². The molecule has 4 aliphatic rings. The third-order valence-electron chi connectivity index (χ3n) is 5.57. The summed E-state index contributed by atoms with van der Waals surface area (Å²) < 4.78 is 6.00. The topological polar surface area (TPSA) is 37.7 Å². The molecule has 1 aromatic carbocycles. The van der Waals surface area contributed by atoms with E-state index in [0.717, 1.165) is 40.7 Å². The van der Waals surface area contributed by atoms with Gasteiger partial charge in [0, 0.05) is 23.9 Å². The minimum absolute atomic E-state index is 0.390. The van der Waals surface area contributed by atoms with E-state index in [0.29, 0.717) is 12.6 Å². The second-order valence-electron chi connectivity index (χ2n) is 6.97. The number of pyridine rings is 1. The van der Waals surface area contributed by atoms with Gasteiger partial charge in [-0.1, -0.05) is 12.1 Å². The van der Waals surface area contributed by atoms with Crippen molar-refractivity contribution in [2.45, 2.75) is 25.5 Å². The van der Waals surface area contributed by atoms with Crippen LogP contribution in [0.15, 0.2) is 47.6 Å². The van der Waals surface area contributed by atoms with E-state index in [1.807, 2.05) is 24.4 Å². The highest BCUT2D eigenvalue weighted by atomic mass is 16.5. The third kappa shape index (κ3) is 2.33. The number of ether oxygens (including phenoxy) is 1. The first kappa shape index (κ1) is 14.2. The fourth-order valence-electron chi connectivity index (χ4n) is 4.23. The van der Waals surface area contributed by atoms with Crippen molar-refractivity contribution in [1.29, 1.82) is 0 Å². The van der Waals surface area contributed by atoms with Gasteiger partial charge in [0.15, 0.2) is 0 Å². The molecule has 4 aliphatic heterocycles. The number of aromatic nitrogens is 1. The van der Waals surface area contributed by atoms with Crippen molar-refractivity contribution in [1.82, 2.24) is 9.88 Å². The summed E-state index contributed by atoms with van der Waals surface area (Å²) in [5, 5.41) is 0. The number of aliphatic imine (C=N–C) groups is 1. The first-order valence-electron chi connectivity index (χ1n) is 8.85. The fourth-order valence-corrected chi connectivity index (χ4v) is 4.23. The highest BCUT2D eigenvalue weighted by Gasteiger charge is 2.35. The Morgan fingerprint density at radius 1 is 1.04 bits per heavy atom. The number of fused-ring (bicyclic) bond motifs is 5. The van der Waals surface area contributed by atoms with Gasteiger partial charge in [-0.25, -0.2) is 0 Å². The molecular formula is C20H21N3O. The fraction of sp³-hybridized carbons (Fsp3) is 0.400. The number of rotatable bonds is 1. The summed E-state index contributed by atoms with van der Waals surface area (Å²) in [4.78, 5) is 12.4. The molecular weight excluding hydrogens is 298 g/mol. The number of benzene rings is 1. The molecule has 1 unspecified atom stereocenters. The lowest BCUT2D eigenvalue weighted by Gasteiger charge is -2.43. The summed E-state index contributed by atoms with van der Waals surface area (Å²) in [6, 6.07) is 12.8. The van der Waals surface area contributed by atoms with Gasteiger partial charge < -0.3 is 9.64 Å². The lowest BCUT2D eigenvalue weighted by molar-refractivity contribution is 0.0907. The van der Waals surface area contributed by atoms with Crippen LogP contribution in [0.4, 0.5) is 0 Å². The molecule has 0 aliphatic carbocycles. The minimum atomic E-state index is 0.390. The number of hydrogen-bond acceptors (Lipinski definition) is 4. The molecule has 0 N–H and O–H groups in total. The molecule has 4 heteroatoms. The van der Waals surface area contributed by atoms with E-state index in [9.17, 15) is 0 Å². The molecule has 3 saturated heterocycles. The lowest BCUT2D eigenvalue weighted by atomic mass is 9.84. The largest absolute Gasteiger partial charge is 0.487 e. The number of para-hydroxylation sites is 1.